The second kappa shape index (κ2) is 3.82. The zero-order valence-electron chi connectivity index (χ0n) is 9.27. The predicted octanol–water partition coefficient (Wildman–Crippen LogP) is 2.94. The van der Waals surface area contributed by atoms with E-state index in [0.29, 0.717) is 10.4 Å². The maximum Gasteiger partial charge on any atom is 0.411 e. The molecule has 0 radical (unpaired) electrons. The minimum absolute atomic E-state index is 0.114. The highest BCUT2D eigenvalue weighted by molar-refractivity contribution is 8.14. The maximum absolute atomic E-state index is 12.7. The molecule has 0 aromatic rings. The van der Waals surface area contributed by atoms with Crippen molar-refractivity contribution in [2.24, 2.45) is 4.99 Å². The molecule has 1 aliphatic heterocycles. The van der Waals surface area contributed by atoms with Gasteiger partial charge in [-0.05, 0) is 26.2 Å². The van der Waals surface area contributed by atoms with E-state index in [1.165, 1.54) is 11.8 Å². The van der Waals surface area contributed by atoms with Crippen LogP contribution in [0.5, 0.6) is 0 Å². The van der Waals surface area contributed by atoms with Gasteiger partial charge in [0.15, 0.2) is 5.17 Å². The molecule has 2 unspecified atom stereocenters. The van der Waals surface area contributed by atoms with E-state index in [1.807, 2.05) is 13.8 Å². The largest absolute Gasteiger partial charge is 0.411 e. The Morgan fingerprint density at radius 2 is 2.00 bits per heavy atom. The van der Waals surface area contributed by atoms with Crippen molar-refractivity contribution in [3.05, 3.63) is 0 Å². The summed E-state index contributed by atoms with van der Waals surface area (Å²) in [5.74, 6) is 0. The first-order valence-corrected chi connectivity index (χ1v) is 6.30. The molecule has 6 heteroatoms. The summed E-state index contributed by atoms with van der Waals surface area (Å²) in [4.78, 5) is 4.24. The molecule has 16 heavy (non-hydrogen) atoms. The minimum atomic E-state index is -4.17. The van der Waals surface area contributed by atoms with Gasteiger partial charge >= 0.3 is 6.18 Å². The van der Waals surface area contributed by atoms with Crippen LogP contribution in [0.15, 0.2) is 4.99 Å². The van der Waals surface area contributed by atoms with Crippen LogP contribution in [0.25, 0.3) is 0 Å². The Morgan fingerprint density at radius 1 is 1.38 bits per heavy atom. The molecular weight excluding hydrogens is 237 g/mol. The summed E-state index contributed by atoms with van der Waals surface area (Å²) >= 11 is 1.41. The standard InChI is InChI=1S/C10H15F3N2S/c1-6-5-7(2)16-8(14-6)15-9(3-4-9)10(11,12)13/h6-7H,3-5H2,1-2H3,(H,14,15). The first-order chi connectivity index (χ1) is 7.32. The highest BCUT2D eigenvalue weighted by Gasteiger charge is 2.64. The number of amidine groups is 1. The van der Waals surface area contributed by atoms with Crippen molar-refractivity contribution in [1.82, 2.24) is 5.32 Å². The molecule has 1 heterocycles. The van der Waals surface area contributed by atoms with Crippen LogP contribution in [0.2, 0.25) is 0 Å². The second-order valence-corrected chi connectivity index (χ2v) is 6.08. The van der Waals surface area contributed by atoms with Gasteiger partial charge in [-0.15, -0.1) is 0 Å². The van der Waals surface area contributed by atoms with E-state index in [4.69, 9.17) is 0 Å². The van der Waals surface area contributed by atoms with Crippen LogP contribution in [0, 0.1) is 0 Å². The fourth-order valence-corrected chi connectivity index (χ4v) is 3.12. The fourth-order valence-electron chi connectivity index (χ4n) is 1.87. The van der Waals surface area contributed by atoms with Gasteiger partial charge in [-0.1, -0.05) is 18.7 Å². The van der Waals surface area contributed by atoms with Gasteiger partial charge in [0.2, 0.25) is 0 Å². The topological polar surface area (TPSA) is 24.4 Å². The van der Waals surface area contributed by atoms with Gasteiger partial charge in [-0.3, -0.25) is 4.99 Å². The zero-order chi connectivity index (χ0) is 12.0. The van der Waals surface area contributed by atoms with Gasteiger partial charge in [0.25, 0.3) is 0 Å². The fraction of sp³-hybridized carbons (Fsp3) is 0.900. The SMILES string of the molecule is CC1CC(C)SC(NC2(C(F)(F)F)CC2)=N1. The molecule has 2 atom stereocenters. The second-order valence-electron chi connectivity index (χ2n) is 4.65. The molecule has 0 aromatic carbocycles. The van der Waals surface area contributed by atoms with Gasteiger partial charge in [0.1, 0.15) is 5.54 Å². The number of rotatable bonds is 1. The van der Waals surface area contributed by atoms with E-state index < -0.39 is 11.7 Å². The molecule has 2 nitrogen and oxygen atoms in total. The number of thioether (sulfide) groups is 1. The Kier molecular flexibility index (Phi) is 2.88. The lowest BCUT2D eigenvalue weighted by Gasteiger charge is -2.28. The molecule has 0 saturated heterocycles. The summed E-state index contributed by atoms with van der Waals surface area (Å²) in [6.45, 7) is 3.95. The lowest BCUT2D eigenvalue weighted by Crippen LogP contribution is -2.48. The summed E-state index contributed by atoms with van der Waals surface area (Å²) in [5.41, 5.74) is -1.68. The Bertz CT molecular complexity index is 310. The average molecular weight is 252 g/mol. The molecule has 1 aliphatic carbocycles. The van der Waals surface area contributed by atoms with Crippen LogP contribution in [0.3, 0.4) is 0 Å². The lowest BCUT2D eigenvalue weighted by atomic mass is 10.2. The molecule has 2 rings (SSSR count). The molecule has 1 N–H and O–H groups in total. The summed E-state index contributed by atoms with van der Waals surface area (Å²) in [7, 11) is 0. The highest BCUT2D eigenvalue weighted by atomic mass is 32.2. The summed E-state index contributed by atoms with van der Waals surface area (Å²) in [5, 5.41) is 3.39. The smallest absolute Gasteiger partial charge is 0.351 e. The molecular formula is C10H15F3N2S. The van der Waals surface area contributed by atoms with Crippen molar-refractivity contribution in [2.45, 2.75) is 56.1 Å². The number of hydrogen-bond donors (Lipinski definition) is 1. The Morgan fingerprint density at radius 3 is 2.44 bits per heavy atom. The monoisotopic (exact) mass is 252 g/mol. The number of nitrogens with one attached hydrogen (secondary N) is 1. The number of alkyl halides is 3. The lowest BCUT2D eigenvalue weighted by molar-refractivity contribution is -0.161. The molecule has 0 bridgehead atoms. The first-order valence-electron chi connectivity index (χ1n) is 5.42. The van der Waals surface area contributed by atoms with E-state index in [9.17, 15) is 13.2 Å². The molecule has 0 amide bonds. The quantitative estimate of drug-likeness (QED) is 0.776. The van der Waals surface area contributed by atoms with Crippen LogP contribution < -0.4 is 5.32 Å². The number of halogens is 3. The molecule has 0 spiro atoms. The average Bonchev–Trinajstić information content (AvgIpc) is 2.81. The van der Waals surface area contributed by atoms with Gasteiger partial charge < -0.3 is 5.32 Å². The molecule has 1 saturated carbocycles. The summed E-state index contributed by atoms with van der Waals surface area (Å²) < 4.78 is 38.2. The van der Waals surface area contributed by atoms with Crippen LogP contribution in [0.4, 0.5) is 13.2 Å². The molecule has 2 aliphatic rings. The van der Waals surface area contributed by atoms with E-state index in [1.54, 1.807) is 0 Å². The van der Waals surface area contributed by atoms with Gasteiger partial charge in [-0.25, -0.2) is 0 Å². The van der Waals surface area contributed by atoms with E-state index in [-0.39, 0.29) is 18.9 Å². The molecule has 92 valence electrons. The van der Waals surface area contributed by atoms with Gasteiger partial charge in [-0.2, -0.15) is 13.2 Å². The van der Waals surface area contributed by atoms with Crippen LogP contribution >= 0.6 is 11.8 Å². The molecule has 1 fully saturated rings. The normalized spacial score (nSPS) is 33.2. The van der Waals surface area contributed by atoms with Crippen molar-refractivity contribution in [3.8, 4) is 0 Å². The Balaban J connectivity index is 2.05. The summed E-state index contributed by atoms with van der Waals surface area (Å²) in [6.07, 6.45) is -2.91. The maximum atomic E-state index is 12.7. The number of nitrogens with zero attached hydrogens (tertiary/aromatic N) is 1. The third-order valence-electron chi connectivity index (χ3n) is 2.96. The Labute approximate surface area is 97.1 Å². The van der Waals surface area contributed by atoms with Crippen LogP contribution in [-0.2, 0) is 0 Å². The van der Waals surface area contributed by atoms with E-state index >= 15 is 0 Å². The van der Waals surface area contributed by atoms with Crippen molar-refractivity contribution >= 4 is 16.9 Å². The third-order valence-corrected chi connectivity index (χ3v) is 3.99. The van der Waals surface area contributed by atoms with E-state index in [0.717, 1.165) is 6.42 Å². The van der Waals surface area contributed by atoms with Gasteiger partial charge in [0.05, 0.1) is 6.04 Å². The third kappa shape index (κ3) is 2.31. The van der Waals surface area contributed by atoms with Crippen LogP contribution in [-0.4, -0.2) is 28.2 Å². The highest BCUT2D eigenvalue weighted by Crippen LogP contribution is 2.49. The minimum Gasteiger partial charge on any atom is -0.351 e. The van der Waals surface area contributed by atoms with Crippen molar-refractivity contribution in [2.75, 3.05) is 0 Å². The number of aliphatic imine (C=N–C) groups is 1. The zero-order valence-corrected chi connectivity index (χ0v) is 10.1. The van der Waals surface area contributed by atoms with Crippen LogP contribution in [0.1, 0.15) is 33.1 Å². The number of hydrogen-bond acceptors (Lipinski definition) is 3. The van der Waals surface area contributed by atoms with Crippen molar-refractivity contribution < 1.29 is 13.2 Å². The van der Waals surface area contributed by atoms with Crippen molar-refractivity contribution in [3.63, 3.8) is 0 Å². The van der Waals surface area contributed by atoms with E-state index in [2.05, 4.69) is 10.3 Å². The first kappa shape index (κ1) is 12.1. The summed E-state index contributed by atoms with van der Waals surface area (Å²) in [6, 6.07) is 0.114. The van der Waals surface area contributed by atoms with Gasteiger partial charge in [0, 0.05) is 5.25 Å². The van der Waals surface area contributed by atoms with Crippen molar-refractivity contribution in [1.29, 1.82) is 0 Å². The predicted molar refractivity (Wildman–Crippen MR) is 59.7 cm³/mol. The molecule has 0 aromatic heterocycles. The Hall–Kier alpha value is -0.390.